The van der Waals surface area contributed by atoms with Crippen LogP contribution in [0.5, 0.6) is 0 Å². The van der Waals surface area contributed by atoms with Crippen LogP contribution in [0, 0.1) is 6.92 Å². The standard InChI is InChI=1S/C13H13F3N4O/c1-7-5-11(20(2)19-7)18-12(21)8-3-4-10(17)9(6-8)13(14,15)16/h3-6H,17H2,1-2H3,(H,18,21). The van der Waals surface area contributed by atoms with Gasteiger partial charge in [-0.25, -0.2) is 0 Å². The van der Waals surface area contributed by atoms with E-state index in [1.165, 1.54) is 10.7 Å². The third-order valence-corrected chi connectivity index (χ3v) is 2.86. The van der Waals surface area contributed by atoms with Crippen LogP contribution in [0.4, 0.5) is 24.7 Å². The molecule has 1 aromatic heterocycles. The van der Waals surface area contributed by atoms with Gasteiger partial charge in [-0.3, -0.25) is 9.48 Å². The van der Waals surface area contributed by atoms with E-state index >= 15 is 0 Å². The number of nitrogens with two attached hydrogens (primary N) is 1. The molecule has 0 aliphatic heterocycles. The van der Waals surface area contributed by atoms with Crippen LogP contribution in [-0.4, -0.2) is 15.7 Å². The van der Waals surface area contributed by atoms with Crippen LogP contribution in [0.1, 0.15) is 21.6 Å². The van der Waals surface area contributed by atoms with E-state index in [-0.39, 0.29) is 5.56 Å². The number of alkyl halides is 3. The minimum Gasteiger partial charge on any atom is -0.398 e. The Bertz CT molecular complexity index is 691. The minimum atomic E-state index is -4.61. The summed E-state index contributed by atoms with van der Waals surface area (Å²) in [6.07, 6.45) is -4.61. The Hall–Kier alpha value is -2.51. The lowest BCUT2D eigenvalue weighted by Gasteiger charge is -2.12. The Balaban J connectivity index is 2.30. The molecule has 3 N–H and O–H groups in total. The fourth-order valence-corrected chi connectivity index (χ4v) is 1.86. The number of nitrogens with zero attached hydrogens (tertiary/aromatic N) is 2. The molecule has 2 aromatic rings. The first-order valence-electron chi connectivity index (χ1n) is 5.97. The Kier molecular flexibility index (Phi) is 3.63. The van der Waals surface area contributed by atoms with E-state index in [1.54, 1.807) is 20.0 Å². The number of aryl methyl sites for hydroxylation is 2. The second-order valence-electron chi connectivity index (χ2n) is 4.55. The van der Waals surface area contributed by atoms with Crippen molar-refractivity contribution in [3.63, 3.8) is 0 Å². The molecular formula is C13H13F3N4O. The molecule has 0 aliphatic carbocycles. The average Bonchev–Trinajstić information content (AvgIpc) is 2.66. The number of aromatic nitrogens is 2. The van der Waals surface area contributed by atoms with E-state index in [9.17, 15) is 18.0 Å². The Morgan fingerprint density at radius 2 is 2.00 bits per heavy atom. The van der Waals surface area contributed by atoms with Gasteiger partial charge in [0.15, 0.2) is 0 Å². The number of hydrogen-bond acceptors (Lipinski definition) is 3. The number of amides is 1. The Labute approximate surface area is 118 Å². The van der Waals surface area contributed by atoms with Crippen LogP contribution < -0.4 is 11.1 Å². The molecule has 0 saturated carbocycles. The second-order valence-corrected chi connectivity index (χ2v) is 4.55. The first-order chi connectivity index (χ1) is 9.68. The van der Waals surface area contributed by atoms with Crippen molar-refractivity contribution in [2.45, 2.75) is 13.1 Å². The predicted octanol–water partition coefficient (Wildman–Crippen LogP) is 2.58. The van der Waals surface area contributed by atoms with Gasteiger partial charge in [-0.15, -0.1) is 0 Å². The van der Waals surface area contributed by atoms with Gasteiger partial charge in [-0.05, 0) is 25.1 Å². The smallest absolute Gasteiger partial charge is 0.398 e. The first-order valence-corrected chi connectivity index (χ1v) is 5.97. The molecule has 112 valence electrons. The molecule has 5 nitrogen and oxygen atoms in total. The van der Waals surface area contributed by atoms with Crippen molar-refractivity contribution < 1.29 is 18.0 Å². The van der Waals surface area contributed by atoms with Crippen molar-refractivity contribution >= 4 is 17.4 Å². The maximum Gasteiger partial charge on any atom is 0.418 e. The highest BCUT2D eigenvalue weighted by Crippen LogP contribution is 2.34. The molecule has 0 radical (unpaired) electrons. The molecule has 8 heteroatoms. The molecule has 0 atom stereocenters. The van der Waals surface area contributed by atoms with Crippen LogP contribution in [0.3, 0.4) is 0 Å². The quantitative estimate of drug-likeness (QED) is 0.837. The third kappa shape index (κ3) is 3.15. The van der Waals surface area contributed by atoms with Crippen LogP contribution in [0.2, 0.25) is 0 Å². The lowest BCUT2D eigenvalue weighted by molar-refractivity contribution is -0.136. The van der Waals surface area contributed by atoms with E-state index < -0.39 is 23.3 Å². The summed E-state index contributed by atoms with van der Waals surface area (Å²) < 4.78 is 39.7. The number of nitrogens with one attached hydrogen (secondary N) is 1. The van der Waals surface area contributed by atoms with E-state index in [4.69, 9.17) is 5.73 Å². The molecule has 0 unspecified atom stereocenters. The highest BCUT2D eigenvalue weighted by Gasteiger charge is 2.33. The van der Waals surface area contributed by atoms with Gasteiger partial charge in [0.1, 0.15) is 5.82 Å². The molecule has 21 heavy (non-hydrogen) atoms. The number of carbonyl (C=O) groups excluding carboxylic acids is 1. The summed E-state index contributed by atoms with van der Waals surface area (Å²) in [6, 6.07) is 4.64. The molecule has 0 fully saturated rings. The highest BCUT2D eigenvalue weighted by molar-refractivity contribution is 6.04. The Morgan fingerprint density at radius 3 is 2.52 bits per heavy atom. The van der Waals surface area contributed by atoms with Gasteiger partial charge in [-0.2, -0.15) is 18.3 Å². The highest BCUT2D eigenvalue weighted by atomic mass is 19.4. The van der Waals surface area contributed by atoms with Crippen LogP contribution in [0.15, 0.2) is 24.3 Å². The largest absolute Gasteiger partial charge is 0.418 e. The number of nitrogen functional groups attached to an aromatic ring is 1. The summed E-state index contributed by atoms with van der Waals surface area (Å²) in [5, 5.41) is 6.53. The SMILES string of the molecule is Cc1cc(NC(=O)c2ccc(N)c(C(F)(F)F)c2)n(C)n1. The maximum atomic E-state index is 12.8. The van der Waals surface area contributed by atoms with Gasteiger partial charge in [0, 0.05) is 24.4 Å². The zero-order chi connectivity index (χ0) is 15.8. The lowest BCUT2D eigenvalue weighted by Crippen LogP contribution is -2.17. The molecule has 0 spiro atoms. The van der Waals surface area contributed by atoms with Crippen LogP contribution in [0.25, 0.3) is 0 Å². The molecule has 1 amide bonds. The lowest BCUT2D eigenvalue weighted by atomic mass is 10.1. The van der Waals surface area contributed by atoms with Crippen molar-refractivity contribution in [3.05, 3.63) is 41.1 Å². The summed E-state index contributed by atoms with van der Waals surface area (Å²) >= 11 is 0. The van der Waals surface area contributed by atoms with Gasteiger partial charge < -0.3 is 11.1 Å². The molecule has 0 aliphatic rings. The summed E-state index contributed by atoms with van der Waals surface area (Å²) in [6.45, 7) is 1.74. The summed E-state index contributed by atoms with van der Waals surface area (Å²) in [5.74, 6) is -0.272. The van der Waals surface area contributed by atoms with Gasteiger partial charge in [0.2, 0.25) is 0 Å². The molecule has 2 rings (SSSR count). The van der Waals surface area contributed by atoms with Gasteiger partial charge in [-0.1, -0.05) is 0 Å². The predicted molar refractivity (Wildman–Crippen MR) is 71.8 cm³/mol. The molecule has 0 bridgehead atoms. The van der Waals surface area contributed by atoms with Crippen molar-refractivity contribution in [3.8, 4) is 0 Å². The van der Waals surface area contributed by atoms with Crippen molar-refractivity contribution in [1.29, 1.82) is 0 Å². The zero-order valence-electron chi connectivity index (χ0n) is 11.3. The van der Waals surface area contributed by atoms with Crippen molar-refractivity contribution in [2.24, 2.45) is 7.05 Å². The summed E-state index contributed by atoms with van der Waals surface area (Å²) in [7, 11) is 1.62. The fraction of sp³-hybridized carbons (Fsp3) is 0.231. The average molecular weight is 298 g/mol. The second kappa shape index (κ2) is 5.12. The summed E-state index contributed by atoms with van der Waals surface area (Å²) in [4.78, 5) is 12.0. The number of anilines is 2. The fourth-order valence-electron chi connectivity index (χ4n) is 1.86. The minimum absolute atomic E-state index is 0.129. The number of hydrogen-bond donors (Lipinski definition) is 2. The van der Waals surface area contributed by atoms with E-state index in [0.717, 1.165) is 12.1 Å². The number of carbonyl (C=O) groups is 1. The third-order valence-electron chi connectivity index (χ3n) is 2.86. The topological polar surface area (TPSA) is 72.9 Å². The zero-order valence-corrected chi connectivity index (χ0v) is 11.3. The van der Waals surface area contributed by atoms with Gasteiger partial charge in [0.05, 0.1) is 11.3 Å². The number of rotatable bonds is 2. The van der Waals surface area contributed by atoms with Gasteiger partial charge in [0.25, 0.3) is 5.91 Å². The Morgan fingerprint density at radius 1 is 1.33 bits per heavy atom. The van der Waals surface area contributed by atoms with Crippen molar-refractivity contribution in [1.82, 2.24) is 9.78 Å². The molecular weight excluding hydrogens is 285 g/mol. The monoisotopic (exact) mass is 298 g/mol. The van der Waals surface area contributed by atoms with Crippen LogP contribution >= 0.6 is 0 Å². The maximum absolute atomic E-state index is 12.8. The van der Waals surface area contributed by atoms with E-state index in [0.29, 0.717) is 11.5 Å². The normalized spacial score (nSPS) is 11.5. The van der Waals surface area contributed by atoms with Crippen molar-refractivity contribution in [2.75, 3.05) is 11.1 Å². The number of benzene rings is 1. The molecule has 1 aromatic carbocycles. The van der Waals surface area contributed by atoms with E-state index in [1.807, 2.05) is 0 Å². The first kappa shape index (κ1) is 14.9. The van der Waals surface area contributed by atoms with E-state index in [2.05, 4.69) is 10.4 Å². The van der Waals surface area contributed by atoms with Gasteiger partial charge >= 0.3 is 6.18 Å². The molecule has 1 heterocycles. The summed E-state index contributed by atoms with van der Waals surface area (Å²) in [5.41, 5.74) is 4.39. The van der Waals surface area contributed by atoms with Crippen LogP contribution in [-0.2, 0) is 13.2 Å². The molecule has 0 saturated heterocycles. The number of halogens is 3.